The molecule has 0 bridgehead atoms. The second-order valence-electron chi connectivity index (χ2n) is 11.4. The predicted molar refractivity (Wildman–Crippen MR) is 204 cm³/mol. The lowest BCUT2D eigenvalue weighted by Crippen LogP contribution is -1.99. The Balaban J connectivity index is 0.000000157. The molecule has 0 fully saturated rings. The minimum absolute atomic E-state index is 0.214. The molecule has 0 aliphatic heterocycles. The van der Waals surface area contributed by atoms with Crippen LogP contribution in [0.3, 0.4) is 0 Å². The summed E-state index contributed by atoms with van der Waals surface area (Å²) in [5.74, 6) is 0.0188. The Morgan fingerprint density at radius 1 is 0.700 bits per heavy atom. The second kappa shape index (κ2) is 14.1. The summed E-state index contributed by atoms with van der Waals surface area (Å²) in [7, 11) is 3.13. The zero-order valence-electron chi connectivity index (χ0n) is 26.6. The molecule has 1 N–H and O–H groups in total. The monoisotopic (exact) mass is 816 g/mol. The SMILES string of the molecule is COc1cc2c(C(=O)O)cn(Cc3ccc4ncc(Cl)cc4c3)c2cn1.COc1cc2c(I)cn(Cc3ccc4ncc(Cl)cc4c3)c2cn1. The number of pyridine rings is 4. The number of hydrogen-bond acceptors (Lipinski definition) is 7. The highest BCUT2D eigenvalue weighted by atomic mass is 127. The minimum atomic E-state index is -0.989. The Kier molecular flexibility index (Phi) is 9.45. The maximum Gasteiger partial charge on any atom is 0.337 e. The number of aromatic carboxylic acids is 1. The van der Waals surface area contributed by atoms with Crippen LogP contribution in [0.25, 0.3) is 43.6 Å². The molecular formula is C37H27Cl2IN6O4. The van der Waals surface area contributed by atoms with E-state index in [1.165, 1.54) is 16.2 Å². The van der Waals surface area contributed by atoms with Gasteiger partial charge in [-0.15, -0.1) is 0 Å². The summed E-state index contributed by atoms with van der Waals surface area (Å²) >= 11 is 14.4. The number of halogens is 3. The largest absolute Gasteiger partial charge is 0.481 e. The summed E-state index contributed by atoms with van der Waals surface area (Å²) in [6.45, 7) is 1.26. The van der Waals surface area contributed by atoms with Crippen LogP contribution in [0.5, 0.6) is 11.8 Å². The van der Waals surface area contributed by atoms with Gasteiger partial charge in [-0.2, -0.15) is 0 Å². The number of carboxylic acid groups (broad SMARTS) is 1. The van der Waals surface area contributed by atoms with Gasteiger partial charge in [-0.25, -0.2) is 14.8 Å². The summed E-state index contributed by atoms with van der Waals surface area (Å²) in [5, 5.41) is 14.4. The van der Waals surface area contributed by atoms with Gasteiger partial charge in [0.2, 0.25) is 11.8 Å². The first-order chi connectivity index (χ1) is 24.2. The molecule has 0 saturated heterocycles. The molecule has 6 heterocycles. The highest BCUT2D eigenvalue weighted by Crippen LogP contribution is 2.28. The van der Waals surface area contributed by atoms with Crippen molar-refractivity contribution < 1.29 is 19.4 Å². The van der Waals surface area contributed by atoms with Gasteiger partial charge in [0.05, 0.1) is 64.3 Å². The molecule has 8 aromatic rings. The maximum atomic E-state index is 11.6. The van der Waals surface area contributed by atoms with E-state index in [2.05, 4.69) is 65.4 Å². The van der Waals surface area contributed by atoms with E-state index in [1.807, 2.05) is 53.2 Å². The molecule has 13 heteroatoms. The molecule has 0 atom stereocenters. The maximum absolute atomic E-state index is 11.6. The zero-order chi connectivity index (χ0) is 34.9. The molecule has 250 valence electrons. The number of carboxylic acids is 1. The third-order valence-electron chi connectivity index (χ3n) is 8.22. The van der Waals surface area contributed by atoms with Crippen molar-refractivity contribution in [3.05, 3.63) is 128 Å². The third-order valence-corrected chi connectivity index (χ3v) is 9.49. The van der Waals surface area contributed by atoms with Crippen molar-refractivity contribution in [3.8, 4) is 11.8 Å². The molecule has 2 aromatic carbocycles. The van der Waals surface area contributed by atoms with E-state index in [-0.39, 0.29) is 5.56 Å². The fraction of sp³-hybridized carbons (Fsp3) is 0.108. The van der Waals surface area contributed by atoms with Crippen molar-refractivity contribution in [2.24, 2.45) is 0 Å². The molecule has 0 saturated carbocycles. The lowest BCUT2D eigenvalue weighted by molar-refractivity contribution is 0.0698. The molecular weight excluding hydrogens is 790 g/mol. The topological polar surface area (TPSA) is 117 Å². The Morgan fingerprint density at radius 3 is 1.72 bits per heavy atom. The summed E-state index contributed by atoms with van der Waals surface area (Å²) in [4.78, 5) is 28.7. The van der Waals surface area contributed by atoms with Crippen LogP contribution >= 0.6 is 45.8 Å². The first kappa shape index (κ1) is 33.5. The summed E-state index contributed by atoms with van der Waals surface area (Å²) < 4.78 is 15.6. The number of benzene rings is 2. The van der Waals surface area contributed by atoms with Crippen LogP contribution in [-0.2, 0) is 13.1 Å². The highest BCUT2D eigenvalue weighted by molar-refractivity contribution is 14.1. The molecule has 8 rings (SSSR count). The van der Waals surface area contributed by atoms with Gasteiger partial charge in [0.25, 0.3) is 0 Å². The number of rotatable bonds is 7. The third kappa shape index (κ3) is 6.89. The van der Waals surface area contributed by atoms with E-state index >= 15 is 0 Å². The summed E-state index contributed by atoms with van der Waals surface area (Å²) in [6.07, 6.45) is 10.5. The quantitative estimate of drug-likeness (QED) is 0.159. The van der Waals surface area contributed by atoms with Crippen molar-refractivity contribution >= 4 is 95.4 Å². The Hall–Kier alpha value is -4.98. The fourth-order valence-electron chi connectivity index (χ4n) is 5.85. The van der Waals surface area contributed by atoms with Crippen LogP contribution < -0.4 is 9.47 Å². The van der Waals surface area contributed by atoms with Gasteiger partial charge in [-0.05, 0) is 70.1 Å². The first-order valence-electron chi connectivity index (χ1n) is 15.2. The van der Waals surface area contributed by atoms with Gasteiger partial charge in [-0.1, -0.05) is 35.3 Å². The van der Waals surface area contributed by atoms with Crippen molar-refractivity contribution in [3.63, 3.8) is 0 Å². The number of ether oxygens (including phenoxy) is 2. The van der Waals surface area contributed by atoms with Gasteiger partial charge in [-0.3, -0.25) is 9.97 Å². The number of methoxy groups -OCH3 is 2. The second-order valence-corrected chi connectivity index (χ2v) is 13.5. The van der Waals surface area contributed by atoms with Crippen molar-refractivity contribution in [2.45, 2.75) is 13.1 Å². The van der Waals surface area contributed by atoms with Crippen molar-refractivity contribution in [1.82, 2.24) is 29.1 Å². The van der Waals surface area contributed by atoms with Gasteiger partial charge in [0.1, 0.15) is 0 Å². The van der Waals surface area contributed by atoms with Gasteiger partial charge < -0.3 is 23.7 Å². The van der Waals surface area contributed by atoms with Crippen LogP contribution in [0.1, 0.15) is 21.5 Å². The molecule has 0 aliphatic rings. The smallest absolute Gasteiger partial charge is 0.337 e. The van der Waals surface area contributed by atoms with Crippen molar-refractivity contribution in [1.29, 1.82) is 0 Å². The molecule has 6 aromatic heterocycles. The van der Waals surface area contributed by atoms with Crippen LogP contribution in [0.15, 0.2) is 97.8 Å². The number of hydrogen-bond donors (Lipinski definition) is 1. The van der Waals surface area contributed by atoms with Gasteiger partial charge in [0, 0.05) is 75.1 Å². The molecule has 0 amide bonds. The molecule has 0 spiro atoms. The molecule has 50 heavy (non-hydrogen) atoms. The predicted octanol–water partition coefficient (Wildman–Crippen LogP) is 8.89. The fourth-order valence-corrected chi connectivity index (χ4v) is 6.95. The van der Waals surface area contributed by atoms with Crippen molar-refractivity contribution in [2.75, 3.05) is 14.2 Å². The molecule has 0 radical (unpaired) electrons. The Bertz CT molecular complexity index is 2570. The van der Waals surface area contributed by atoms with E-state index in [0.29, 0.717) is 33.7 Å². The lowest BCUT2D eigenvalue weighted by Gasteiger charge is -2.07. The normalized spacial score (nSPS) is 11.2. The average Bonchev–Trinajstić information content (AvgIpc) is 3.63. The van der Waals surface area contributed by atoms with E-state index in [4.69, 9.17) is 32.7 Å². The van der Waals surface area contributed by atoms with Crippen LogP contribution in [0.2, 0.25) is 10.0 Å². The molecule has 10 nitrogen and oxygen atoms in total. The van der Waals surface area contributed by atoms with Crippen LogP contribution in [0, 0.1) is 3.57 Å². The first-order valence-corrected chi connectivity index (χ1v) is 17.1. The highest BCUT2D eigenvalue weighted by Gasteiger charge is 2.16. The minimum Gasteiger partial charge on any atom is -0.481 e. The summed E-state index contributed by atoms with van der Waals surface area (Å²) in [5.41, 5.74) is 6.03. The van der Waals surface area contributed by atoms with Crippen LogP contribution in [0.4, 0.5) is 0 Å². The standard InChI is InChI=1S/C19H14ClN3O3.C18H13ClIN3O/c1-26-18-6-14-15(19(24)25)10-23(17(14)8-22-18)9-11-2-3-16-12(4-11)5-13(20)7-21-16;1-24-18-6-14-15(20)10-23(17(14)8-22-18)9-11-2-3-16-12(4-11)5-13(19)7-21-16/h2-8,10H,9H2,1H3,(H,24,25);2-8,10H,9H2,1H3. The number of nitrogens with zero attached hydrogens (tertiary/aromatic N) is 6. The van der Waals surface area contributed by atoms with Gasteiger partial charge >= 0.3 is 5.97 Å². The molecule has 0 aliphatic carbocycles. The van der Waals surface area contributed by atoms with E-state index in [0.717, 1.165) is 50.3 Å². The zero-order valence-corrected chi connectivity index (χ0v) is 30.3. The van der Waals surface area contributed by atoms with E-state index in [1.54, 1.807) is 38.0 Å². The average molecular weight is 817 g/mol. The lowest BCUT2D eigenvalue weighted by atomic mass is 10.1. The molecule has 0 unspecified atom stereocenters. The Labute approximate surface area is 309 Å². The van der Waals surface area contributed by atoms with E-state index < -0.39 is 5.97 Å². The number of carbonyl (C=O) groups is 1. The number of fused-ring (bicyclic) bond motifs is 4. The van der Waals surface area contributed by atoms with Gasteiger partial charge in [0.15, 0.2) is 0 Å². The van der Waals surface area contributed by atoms with Crippen LogP contribution in [-0.4, -0.2) is 54.4 Å². The number of aromatic nitrogens is 6. The Morgan fingerprint density at radius 2 is 1.20 bits per heavy atom. The van der Waals surface area contributed by atoms with E-state index in [9.17, 15) is 9.90 Å². The summed E-state index contributed by atoms with van der Waals surface area (Å²) in [6, 6.07) is 19.5.